The average Bonchev–Trinajstić information content (AvgIpc) is 2.40. The number of rotatable bonds is 3. The lowest BCUT2D eigenvalue weighted by Gasteiger charge is -2.22. The van der Waals surface area contributed by atoms with Crippen LogP contribution in [0.25, 0.3) is 0 Å². The van der Waals surface area contributed by atoms with Gasteiger partial charge in [0.05, 0.1) is 5.56 Å². The van der Waals surface area contributed by atoms with Gasteiger partial charge in [0.2, 0.25) is 0 Å². The van der Waals surface area contributed by atoms with Crippen molar-refractivity contribution in [2.75, 3.05) is 0 Å². The molecule has 1 aromatic rings. The second kappa shape index (κ2) is 6.50. The molecule has 0 saturated heterocycles. The number of hydrogen-bond donors (Lipinski definition) is 0. The highest BCUT2D eigenvalue weighted by molar-refractivity contribution is 8.13. The number of esters is 1. The quantitative estimate of drug-likeness (QED) is 0.610. The van der Waals surface area contributed by atoms with Crippen molar-refractivity contribution in [1.82, 2.24) is 0 Å². The van der Waals surface area contributed by atoms with E-state index >= 15 is 0 Å². The molecule has 0 N–H and O–H groups in total. The van der Waals surface area contributed by atoms with Crippen LogP contribution in [0.15, 0.2) is 17.0 Å². The summed E-state index contributed by atoms with van der Waals surface area (Å²) in [6.07, 6.45) is 4.12. The van der Waals surface area contributed by atoms with Gasteiger partial charge in [0.25, 0.3) is 9.05 Å². The van der Waals surface area contributed by atoms with Gasteiger partial charge in [-0.25, -0.2) is 17.6 Å². The van der Waals surface area contributed by atoms with E-state index < -0.39 is 31.3 Å². The molecule has 0 aliphatic heterocycles. The van der Waals surface area contributed by atoms with Gasteiger partial charge < -0.3 is 4.74 Å². The number of ether oxygens (including phenoxy) is 1. The van der Waals surface area contributed by atoms with Gasteiger partial charge in [0.15, 0.2) is 5.82 Å². The maximum Gasteiger partial charge on any atom is 0.341 e. The van der Waals surface area contributed by atoms with E-state index in [1.165, 1.54) is 0 Å². The Kier molecular flexibility index (Phi) is 5.11. The zero-order chi connectivity index (χ0) is 15.6. The van der Waals surface area contributed by atoms with Crippen molar-refractivity contribution in [2.45, 2.75) is 43.1 Å². The standard InChI is InChI=1S/C13H13Cl2FO4S/c14-8-6-10(12(16)11(7-8)21(15,18)19)13(17)20-9-4-2-1-3-5-9/h6-7,9H,1-5H2. The van der Waals surface area contributed by atoms with Crippen molar-refractivity contribution in [3.8, 4) is 0 Å². The van der Waals surface area contributed by atoms with Crippen LogP contribution in [0, 0.1) is 5.82 Å². The summed E-state index contributed by atoms with van der Waals surface area (Å²) < 4.78 is 41.9. The number of carbonyl (C=O) groups is 1. The Bertz CT molecular complexity index is 654. The number of benzene rings is 1. The molecule has 0 spiro atoms. The van der Waals surface area contributed by atoms with Crippen molar-refractivity contribution >= 4 is 37.3 Å². The molecule has 4 nitrogen and oxygen atoms in total. The minimum absolute atomic E-state index is 0.105. The zero-order valence-corrected chi connectivity index (χ0v) is 13.3. The highest BCUT2D eigenvalue weighted by Crippen LogP contribution is 2.28. The van der Waals surface area contributed by atoms with E-state index in [4.69, 9.17) is 27.0 Å². The van der Waals surface area contributed by atoms with Crippen molar-refractivity contribution in [2.24, 2.45) is 0 Å². The molecule has 0 aromatic heterocycles. The van der Waals surface area contributed by atoms with Crippen LogP contribution in [-0.2, 0) is 13.8 Å². The number of hydrogen-bond acceptors (Lipinski definition) is 4. The molecule has 0 radical (unpaired) electrons. The normalized spacial score (nSPS) is 16.7. The molecule has 2 rings (SSSR count). The topological polar surface area (TPSA) is 60.4 Å². The Morgan fingerprint density at radius 2 is 1.86 bits per heavy atom. The van der Waals surface area contributed by atoms with Crippen LogP contribution in [-0.4, -0.2) is 20.5 Å². The van der Waals surface area contributed by atoms with E-state index in [0.717, 1.165) is 31.4 Å². The second-order valence-electron chi connectivity index (χ2n) is 4.87. The fourth-order valence-electron chi connectivity index (χ4n) is 2.29. The monoisotopic (exact) mass is 354 g/mol. The lowest BCUT2D eigenvalue weighted by atomic mass is 9.98. The van der Waals surface area contributed by atoms with E-state index in [-0.39, 0.29) is 11.1 Å². The molecule has 116 valence electrons. The maximum absolute atomic E-state index is 14.1. The van der Waals surface area contributed by atoms with Crippen LogP contribution in [0.1, 0.15) is 42.5 Å². The lowest BCUT2D eigenvalue weighted by molar-refractivity contribution is 0.0205. The van der Waals surface area contributed by atoms with Gasteiger partial charge in [-0.2, -0.15) is 0 Å². The lowest BCUT2D eigenvalue weighted by Crippen LogP contribution is -2.22. The Morgan fingerprint density at radius 1 is 1.24 bits per heavy atom. The van der Waals surface area contributed by atoms with Crippen molar-refractivity contribution < 1.29 is 22.3 Å². The highest BCUT2D eigenvalue weighted by atomic mass is 35.7. The summed E-state index contributed by atoms with van der Waals surface area (Å²) in [6, 6.07) is 1.89. The van der Waals surface area contributed by atoms with E-state index in [1.54, 1.807) is 0 Å². The van der Waals surface area contributed by atoms with Crippen LogP contribution in [0.3, 0.4) is 0 Å². The Morgan fingerprint density at radius 3 is 2.43 bits per heavy atom. The van der Waals surface area contributed by atoms with Crippen molar-refractivity contribution in [3.63, 3.8) is 0 Å². The molecular weight excluding hydrogens is 342 g/mol. The summed E-state index contributed by atoms with van der Waals surface area (Å²) in [7, 11) is 0.786. The summed E-state index contributed by atoms with van der Waals surface area (Å²) in [5.74, 6) is -2.17. The SMILES string of the molecule is O=C(OC1CCCCC1)c1cc(Cl)cc(S(=O)(=O)Cl)c1F. The van der Waals surface area contributed by atoms with Gasteiger partial charge in [0.1, 0.15) is 11.0 Å². The molecular formula is C13H13Cl2FO4S. The third-order valence-corrected chi connectivity index (χ3v) is 4.85. The minimum atomic E-state index is -4.34. The largest absolute Gasteiger partial charge is 0.459 e. The summed E-state index contributed by atoms with van der Waals surface area (Å²) >= 11 is 5.72. The number of halogens is 3. The molecule has 1 fully saturated rings. The van der Waals surface area contributed by atoms with Crippen LogP contribution in [0.4, 0.5) is 4.39 Å². The van der Waals surface area contributed by atoms with Crippen molar-refractivity contribution in [1.29, 1.82) is 0 Å². The first-order valence-corrected chi connectivity index (χ1v) is 9.12. The summed E-state index contributed by atoms with van der Waals surface area (Å²) in [6.45, 7) is 0. The van der Waals surface area contributed by atoms with Crippen LogP contribution < -0.4 is 0 Å². The van der Waals surface area contributed by atoms with E-state index in [1.807, 2.05) is 0 Å². The molecule has 1 saturated carbocycles. The maximum atomic E-state index is 14.1. The van der Waals surface area contributed by atoms with Gasteiger partial charge in [-0.1, -0.05) is 18.0 Å². The van der Waals surface area contributed by atoms with E-state index in [0.29, 0.717) is 12.8 Å². The molecule has 0 bridgehead atoms. The predicted octanol–water partition coefficient (Wildman–Crippen LogP) is 3.90. The number of carbonyl (C=O) groups excluding carboxylic acids is 1. The Hall–Kier alpha value is -0.850. The molecule has 1 aliphatic rings. The van der Waals surface area contributed by atoms with Crippen LogP contribution in [0.5, 0.6) is 0 Å². The predicted molar refractivity (Wildman–Crippen MR) is 76.7 cm³/mol. The average molecular weight is 355 g/mol. The van der Waals surface area contributed by atoms with E-state index in [2.05, 4.69) is 0 Å². The molecule has 0 amide bonds. The molecule has 0 heterocycles. The molecule has 1 aliphatic carbocycles. The van der Waals surface area contributed by atoms with Crippen molar-refractivity contribution in [3.05, 3.63) is 28.5 Å². The van der Waals surface area contributed by atoms with Crippen LogP contribution in [0.2, 0.25) is 5.02 Å². The first-order valence-electron chi connectivity index (χ1n) is 6.43. The highest BCUT2D eigenvalue weighted by Gasteiger charge is 2.26. The molecule has 8 heteroatoms. The third kappa shape index (κ3) is 4.08. The molecule has 0 atom stereocenters. The second-order valence-corrected chi connectivity index (χ2v) is 7.84. The first-order chi connectivity index (χ1) is 9.79. The molecule has 21 heavy (non-hydrogen) atoms. The smallest absolute Gasteiger partial charge is 0.341 e. The Balaban J connectivity index is 2.30. The fourth-order valence-corrected chi connectivity index (χ4v) is 3.50. The molecule has 1 aromatic carbocycles. The zero-order valence-electron chi connectivity index (χ0n) is 10.9. The Labute approximate surface area is 131 Å². The van der Waals surface area contributed by atoms with Crippen LogP contribution >= 0.6 is 22.3 Å². The first kappa shape index (κ1) is 16.5. The van der Waals surface area contributed by atoms with Gasteiger partial charge >= 0.3 is 5.97 Å². The third-order valence-electron chi connectivity index (χ3n) is 3.31. The summed E-state index contributed by atoms with van der Waals surface area (Å²) in [5.41, 5.74) is -0.521. The fraction of sp³-hybridized carbons (Fsp3) is 0.462. The molecule has 0 unspecified atom stereocenters. The summed E-state index contributed by atoms with van der Waals surface area (Å²) in [5, 5.41) is -0.105. The van der Waals surface area contributed by atoms with Gasteiger partial charge in [-0.3, -0.25) is 0 Å². The van der Waals surface area contributed by atoms with Gasteiger partial charge in [-0.15, -0.1) is 0 Å². The van der Waals surface area contributed by atoms with Gasteiger partial charge in [-0.05, 0) is 37.8 Å². The minimum Gasteiger partial charge on any atom is -0.459 e. The van der Waals surface area contributed by atoms with E-state index in [9.17, 15) is 17.6 Å². The summed E-state index contributed by atoms with van der Waals surface area (Å²) in [4.78, 5) is 11.2. The van der Waals surface area contributed by atoms with Gasteiger partial charge in [0, 0.05) is 15.7 Å².